The molecule has 1 aromatic rings. The van der Waals surface area contributed by atoms with Crippen molar-refractivity contribution in [3.63, 3.8) is 0 Å². The van der Waals surface area contributed by atoms with Gasteiger partial charge in [-0.1, -0.05) is 18.2 Å². The van der Waals surface area contributed by atoms with Gasteiger partial charge in [0.1, 0.15) is 0 Å². The Bertz CT molecular complexity index is 637. The number of hydrogen-bond acceptors (Lipinski definition) is 4. The highest BCUT2D eigenvalue weighted by Crippen LogP contribution is 2.14. The second-order valence-electron chi connectivity index (χ2n) is 4.84. The van der Waals surface area contributed by atoms with Crippen molar-refractivity contribution in [1.82, 2.24) is 4.72 Å². The van der Waals surface area contributed by atoms with Crippen molar-refractivity contribution in [3.05, 3.63) is 35.4 Å². The molecule has 0 aromatic heterocycles. The van der Waals surface area contributed by atoms with Gasteiger partial charge in [0.25, 0.3) is 0 Å². The van der Waals surface area contributed by atoms with Crippen molar-refractivity contribution in [2.75, 3.05) is 6.54 Å². The average Bonchev–Trinajstić information content (AvgIpc) is 2.37. The molecule has 100 valence electrons. The number of benzene rings is 1. The molecule has 0 radical (unpaired) electrons. The summed E-state index contributed by atoms with van der Waals surface area (Å²) in [4.78, 5) is 0. The van der Waals surface area contributed by atoms with Crippen LogP contribution in [0.2, 0.25) is 0 Å². The van der Waals surface area contributed by atoms with E-state index in [0.29, 0.717) is 11.1 Å². The molecular formula is C13H15N3O2S. The lowest BCUT2D eigenvalue weighted by atomic mass is 9.97. The Balaban J connectivity index is 2.82. The molecule has 0 aliphatic heterocycles. The number of nitriles is 2. The molecule has 0 fully saturated rings. The van der Waals surface area contributed by atoms with E-state index < -0.39 is 15.4 Å². The smallest absolute Gasteiger partial charge is 0.213 e. The molecular weight excluding hydrogens is 262 g/mol. The zero-order valence-electron chi connectivity index (χ0n) is 10.8. The summed E-state index contributed by atoms with van der Waals surface area (Å²) in [5.41, 5.74) is 0.0293. The van der Waals surface area contributed by atoms with E-state index >= 15 is 0 Å². The third-order valence-electron chi connectivity index (χ3n) is 2.52. The molecule has 0 aliphatic carbocycles. The Morgan fingerprint density at radius 2 is 1.89 bits per heavy atom. The molecule has 0 heterocycles. The number of rotatable bonds is 5. The minimum Gasteiger partial charge on any atom is -0.213 e. The van der Waals surface area contributed by atoms with Gasteiger partial charge in [-0.3, -0.25) is 0 Å². The Morgan fingerprint density at radius 1 is 1.26 bits per heavy atom. The SMILES string of the molecule is CC(C)(C#N)CNS(=O)(=O)Cc1ccccc1C#N. The fourth-order valence-corrected chi connectivity index (χ4v) is 2.68. The minimum atomic E-state index is -3.56. The molecule has 0 saturated heterocycles. The van der Waals surface area contributed by atoms with Gasteiger partial charge in [-0.2, -0.15) is 10.5 Å². The predicted octanol–water partition coefficient (Wildman–Crippen LogP) is 1.53. The summed E-state index contributed by atoms with van der Waals surface area (Å²) in [5, 5.41) is 17.7. The molecule has 5 nitrogen and oxygen atoms in total. The van der Waals surface area contributed by atoms with Gasteiger partial charge >= 0.3 is 0 Å². The van der Waals surface area contributed by atoms with Crippen LogP contribution in [0.15, 0.2) is 24.3 Å². The van der Waals surface area contributed by atoms with Crippen molar-refractivity contribution in [3.8, 4) is 12.1 Å². The van der Waals surface area contributed by atoms with E-state index in [1.807, 2.05) is 12.1 Å². The summed E-state index contributed by atoms with van der Waals surface area (Å²) < 4.78 is 26.2. The first kappa shape index (κ1) is 15.2. The first-order valence-electron chi connectivity index (χ1n) is 5.66. The van der Waals surface area contributed by atoms with E-state index in [0.717, 1.165) is 0 Å². The zero-order chi connectivity index (χ0) is 14.5. The monoisotopic (exact) mass is 277 g/mol. The summed E-state index contributed by atoms with van der Waals surface area (Å²) in [7, 11) is -3.56. The van der Waals surface area contributed by atoms with E-state index in [9.17, 15) is 8.42 Å². The fourth-order valence-electron chi connectivity index (χ4n) is 1.34. The van der Waals surface area contributed by atoms with Gasteiger partial charge in [0, 0.05) is 6.54 Å². The lowest BCUT2D eigenvalue weighted by Gasteiger charge is -2.16. The quantitative estimate of drug-likeness (QED) is 0.883. The van der Waals surface area contributed by atoms with Gasteiger partial charge in [0.2, 0.25) is 10.0 Å². The number of nitrogens with zero attached hydrogens (tertiary/aromatic N) is 2. The standard InChI is InChI=1S/C13H15N3O2S/c1-13(2,9-15)10-16-19(17,18)8-12-6-4-3-5-11(12)7-14/h3-6,16H,8,10H2,1-2H3. The van der Waals surface area contributed by atoms with Crippen LogP contribution in [0.5, 0.6) is 0 Å². The third-order valence-corrected chi connectivity index (χ3v) is 3.80. The van der Waals surface area contributed by atoms with Crippen LogP contribution in [0.3, 0.4) is 0 Å². The normalized spacial score (nSPS) is 11.6. The maximum Gasteiger partial charge on any atom is 0.215 e. The molecule has 0 unspecified atom stereocenters. The van der Waals surface area contributed by atoms with Crippen LogP contribution < -0.4 is 4.72 Å². The molecule has 19 heavy (non-hydrogen) atoms. The largest absolute Gasteiger partial charge is 0.215 e. The van der Waals surface area contributed by atoms with Crippen LogP contribution in [-0.2, 0) is 15.8 Å². The maximum absolute atomic E-state index is 11.9. The van der Waals surface area contributed by atoms with Crippen molar-refractivity contribution < 1.29 is 8.42 Å². The van der Waals surface area contributed by atoms with Crippen molar-refractivity contribution in [2.45, 2.75) is 19.6 Å². The molecule has 0 bridgehead atoms. The van der Waals surface area contributed by atoms with E-state index in [1.165, 1.54) is 0 Å². The molecule has 0 spiro atoms. The van der Waals surface area contributed by atoms with E-state index in [4.69, 9.17) is 10.5 Å². The van der Waals surface area contributed by atoms with E-state index in [1.54, 1.807) is 38.1 Å². The van der Waals surface area contributed by atoms with Crippen LogP contribution in [0.25, 0.3) is 0 Å². The molecule has 1 N–H and O–H groups in total. The van der Waals surface area contributed by atoms with Gasteiger partial charge in [-0.15, -0.1) is 0 Å². The van der Waals surface area contributed by atoms with E-state index in [-0.39, 0.29) is 12.3 Å². The van der Waals surface area contributed by atoms with Crippen molar-refractivity contribution in [1.29, 1.82) is 10.5 Å². The van der Waals surface area contributed by atoms with Gasteiger partial charge in [-0.05, 0) is 25.5 Å². The highest BCUT2D eigenvalue weighted by atomic mass is 32.2. The molecule has 0 aliphatic rings. The molecule has 0 saturated carbocycles. The molecule has 0 atom stereocenters. The van der Waals surface area contributed by atoms with Crippen LogP contribution in [0, 0.1) is 28.1 Å². The van der Waals surface area contributed by atoms with Crippen LogP contribution >= 0.6 is 0 Å². The highest BCUT2D eigenvalue weighted by molar-refractivity contribution is 7.88. The third kappa shape index (κ3) is 4.70. The minimum absolute atomic E-state index is 0.0422. The van der Waals surface area contributed by atoms with Gasteiger partial charge < -0.3 is 0 Å². The number of hydrogen-bond donors (Lipinski definition) is 1. The second-order valence-corrected chi connectivity index (χ2v) is 6.65. The summed E-state index contributed by atoms with van der Waals surface area (Å²) in [6.45, 7) is 3.35. The Labute approximate surface area is 113 Å². The molecule has 0 amide bonds. The first-order chi connectivity index (χ1) is 8.79. The lowest BCUT2D eigenvalue weighted by molar-refractivity contribution is 0.478. The highest BCUT2D eigenvalue weighted by Gasteiger charge is 2.21. The summed E-state index contributed by atoms with van der Waals surface area (Å²) in [6.07, 6.45) is 0. The van der Waals surface area contributed by atoms with Crippen LogP contribution in [0.4, 0.5) is 0 Å². The first-order valence-corrected chi connectivity index (χ1v) is 7.31. The summed E-state index contributed by atoms with van der Waals surface area (Å²) >= 11 is 0. The van der Waals surface area contributed by atoms with Crippen LogP contribution in [-0.4, -0.2) is 15.0 Å². The predicted molar refractivity (Wildman–Crippen MR) is 71.2 cm³/mol. The average molecular weight is 277 g/mol. The Morgan fingerprint density at radius 3 is 2.47 bits per heavy atom. The Kier molecular flexibility index (Phi) is 4.66. The second kappa shape index (κ2) is 5.83. The fraction of sp³-hybridized carbons (Fsp3) is 0.385. The number of sulfonamides is 1. The van der Waals surface area contributed by atoms with Crippen molar-refractivity contribution in [2.24, 2.45) is 5.41 Å². The van der Waals surface area contributed by atoms with Gasteiger partial charge in [0.05, 0.1) is 28.9 Å². The molecule has 1 aromatic carbocycles. The summed E-state index contributed by atoms with van der Waals surface area (Å²) in [5.74, 6) is -0.266. The lowest BCUT2D eigenvalue weighted by Crippen LogP contribution is -2.34. The van der Waals surface area contributed by atoms with Crippen molar-refractivity contribution >= 4 is 10.0 Å². The topological polar surface area (TPSA) is 93.8 Å². The molecule has 6 heteroatoms. The number of nitrogens with one attached hydrogen (secondary N) is 1. The van der Waals surface area contributed by atoms with Gasteiger partial charge in [0.15, 0.2) is 0 Å². The van der Waals surface area contributed by atoms with E-state index in [2.05, 4.69) is 4.72 Å². The maximum atomic E-state index is 11.9. The van der Waals surface area contributed by atoms with Crippen LogP contribution in [0.1, 0.15) is 25.0 Å². The Hall–Kier alpha value is -1.89. The molecule has 1 rings (SSSR count). The van der Waals surface area contributed by atoms with Gasteiger partial charge in [-0.25, -0.2) is 13.1 Å². The zero-order valence-corrected chi connectivity index (χ0v) is 11.7. The summed E-state index contributed by atoms with van der Waals surface area (Å²) in [6, 6.07) is 10.5.